The van der Waals surface area contributed by atoms with E-state index in [1.807, 2.05) is 0 Å². The zero-order chi connectivity index (χ0) is 18.8. The summed E-state index contributed by atoms with van der Waals surface area (Å²) in [6, 6.07) is 11.8. The molecular formula is C21H18N2O3. The molecule has 26 heavy (non-hydrogen) atoms. The highest BCUT2D eigenvalue weighted by Gasteiger charge is 2.19. The third kappa shape index (κ3) is 3.15. The van der Waals surface area contributed by atoms with Crippen molar-refractivity contribution in [1.29, 1.82) is 5.41 Å². The van der Waals surface area contributed by atoms with Gasteiger partial charge in [-0.2, -0.15) is 0 Å². The van der Waals surface area contributed by atoms with Crippen LogP contribution in [0.15, 0.2) is 58.7 Å². The van der Waals surface area contributed by atoms with E-state index in [2.05, 4.69) is 6.58 Å². The quantitative estimate of drug-likeness (QED) is 0.677. The molecule has 5 nitrogen and oxygen atoms in total. The molecule has 1 aromatic carbocycles. The molecule has 0 saturated carbocycles. The Hall–Kier alpha value is -3.60. The van der Waals surface area contributed by atoms with Gasteiger partial charge in [0.05, 0.1) is 10.9 Å². The Kier molecular flexibility index (Phi) is 4.45. The average Bonchev–Trinajstić information content (AvgIpc) is 2.59. The third-order valence-corrected chi connectivity index (χ3v) is 3.99. The summed E-state index contributed by atoms with van der Waals surface area (Å²) in [6.45, 7) is 5.72. The summed E-state index contributed by atoms with van der Waals surface area (Å²) in [5, 5.41) is 18.4. The minimum atomic E-state index is -1.02. The van der Waals surface area contributed by atoms with Gasteiger partial charge in [0.1, 0.15) is 11.2 Å². The highest BCUT2D eigenvalue weighted by molar-refractivity contribution is 5.98. The Morgan fingerprint density at radius 1 is 1.23 bits per heavy atom. The van der Waals surface area contributed by atoms with Gasteiger partial charge in [-0.15, -0.1) is 0 Å². The van der Waals surface area contributed by atoms with Crippen LogP contribution in [0.25, 0.3) is 35.1 Å². The van der Waals surface area contributed by atoms with Crippen molar-refractivity contribution in [3.05, 3.63) is 75.8 Å². The number of hydrogen-bond acceptors (Lipinski definition) is 4. The average molecular weight is 346 g/mol. The van der Waals surface area contributed by atoms with Crippen LogP contribution >= 0.6 is 0 Å². The predicted molar refractivity (Wildman–Crippen MR) is 101 cm³/mol. The standard InChI is InChI=1S/C21H18N2O3/c1-12(22)7-9-15-13(2)26-19-11-14(23)8-10-18(19)20(15)16-5-3-4-6-17(16)21(24)25/h3-11,23H,2,22H2,1H3,(H,24,25). The molecule has 5 heteroatoms. The molecule has 0 bridgehead atoms. The SMILES string of the molecule is C=c1oc2cc(=N)ccc-2c(-c2ccccc2C(=O)O)c1=CC=C(C)N. The van der Waals surface area contributed by atoms with E-state index in [9.17, 15) is 9.90 Å². The second-order valence-corrected chi connectivity index (χ2v) is 5.95. The number of allylic oxidation sites excluding steroid dienone is 2. The van der Waals surface area contributed by atoms with Crippen LogP contribution in [0.4, 0.5) is 0 Å². The zero-order valence-electron chi connectivity index (χ0n) is 14.2. The number of carboxylic acids is 1. The number of fused-ring (bicyclic) bond motifs is 1. The van der Waals surface area contributed by atoms with Gasteiger partial charge in [0.15, 0.2) is 0 Å². The Morgan fingerprint density at radius 3 is 2.65 bits per heavy atom. The number of benzene rings is 2. The zero-order valence-corrected chi connectivity index (χ0v) is 14.2. The largest absolute Gasteiger partial charge is 0.478 e. The molecule has 0 unspecified atom stereocenters. The Balaban J connectivity index is 2.55. The number of aromatic carboxylic acids is 1. The van der Waals surface area contributed by atoms with Gasteiger partial charge in [0, 0.05) is 28.1 Å². The summed E-state index contributed by atoms with van der Waals surface area (Å²) in [5.41, 5.74) is 8.84. The van der Waals surface area contributed by atoms with Crippen molar-refractivity contribution >= 4 is 18.6 Å². The first-order valence-corrected chi connectivity index (χ1v) is 7.95. The molecule has 1 aliphatic carbocycles. The molecule has 3 rings (SSSR count). The molecule has 0 fully saturated rings. The van der Waals surface area contributed by atoms with Gasteiger partial charge < -0.3 is 20.7 Å². The molecular weight excluding hydrogens is 328 g/mol. The van der Waals surface area contributed by atoms with Crippen molar-refractivity contribution < 1.29 is 14.3 Å². The topological polar surface area (TPSA) is 100 Å². The van der Waals surface area contributed by atoms with Crippen LogP contribution in [0, 0.1) is 5.41 Å². The number of carbonyl (C=O) groups is 1. The van der Waals surface area contributed by atoms with Gasteiger partial charge in [-0.05, 0) is 42.8 Å². The van der Waals surface area contributed by atoms with Crippen molar-refractivity contribution in [2.45, 2.75) is 6.92 Å². The first-order chi connectivity index (χ1) is 12.4. The maximum atomic E-state index is 11.7. The van der Waals surface area contributed by atoms with E-state index in [4.69, 9.17) is 15.6 Å². The Bertz CT molecular complexity index is 1170. The van der Waals surface area contributed by atoms with Crippen LogP contribution in [0.1, 0.15) is 17.3 Å². The monoisotopic (exact) mass is 346 g/mol. The lowest BCUT2D eigenvalue weighted by Crippen LogP contribution is -2.28. The lowest BCUT2D eigenvalue weighted by atomic mass is 9.92. The second kappa shape index (κ2) is 6.72. The predicted octanol–water partition coefficient (Wildman–Crippen LogP) is 2.28. The van der Waals surface area contributed by atoms with Gasteiger partial charge in [0.25, 0.3) is 0 Å². The van der Waals surface area contributed by atoms with E-state index in [0.717, 1.165) is 0 Å². The number of carboxylic acid groups (broad SMARTS) is 1. The fourth-order valence-electron chi connectivity index (χ4n) is 2.85. The summed E-state index contributed by atoms with van der Waals surface area (Å²) in [5.74, 6) is -0.544. The minimum Gasteiger partial charge on any atom is -0.478 e. The minimum absolute atomic E-state index is 0.178. The van der Waals surface area contributed by atoms with Crippen LogP contribution < -0.4 is 21.7 Å². The van der Waals surface area contributed by atoms with Crippen LogP contribution in [-0.4, -0.2) is 11.1 Å². The Labute approximate surface area is 149 Å². The Morgan fingerprint density at radius 2 is 1.96 bits per heavy atom. The van der Waals surface area contributed by atoms with Crippen LogP contribution in [0.2, 0.25) is 0 Å². The van der Waals surface area contributed by atoms with Gasteiger partial charge >= 0.3 is 5.97 Å². The van der Waals surface area contributed by atoms with Gasteiger partial charge in [-0.25, -0.2) is 4.79 Å². The fourth-order valence-corrected chi connectivity index (χ4v) is 2.85. The van der Waals surface area contributed by atoms with Crippen LogP contribution in [0.5, 0.6) is 0 Å². The maximum absolute atomic E-state index is 11.7. The molecule has 0 saturated heterocycles. The van der Waals surface area contributed by atoms with E-state index in [1.54, 1.807) is 61.5 Å². The molecule has 1 heterocycles. The third-order valence-electron chi connectivity index (χ3n) is 3.99. The first kappa shape index (κ1) is 17.2. The molecule has 0 radical (unpaired) electrons. The molecule has 1 aromatic rings. The number of nitrogens with two attached hydrogens (primary N) is 1. The molecule has 130 valence electrons. The van der Waals surface area contributed by atoms with Crippen molar-refractivity contribution in [1.82, 2.24) is 0 Å². The van der Waals surface area contributed by atoms with Crippen LogP contribution in [0.3, 0.4) is 0 Å². The molecule has 0 atom stereocenters. The fraction of sp³-hybridized carbons (Fsp3) is 0.0476. The molecule has 0 amide bonds. The van der Waals surface area contributed by atoms with Crippen molar-refractivity contribution in [3.8, 4) is 22.5 Å². The van der Waals surface area contributed by atoms with Crippen molar-refractivity contribution in [2.75, 3.05) is 0 Å². The summed E-state index contributed by atoms with van der Waals surface area (Å²) >= 11 is 0. The molecule has 4 N–H and O–H groups in total. The van der Waals surface area contributed by atoms with Crippen molar-refractivity contribution in [3.63, 3.8) is 0 Å². The van der Waals surface area contributed by atoms with Crippen molar-refractivity contribution in [2.24, 2.45) is 5.73 Å². The summed E-state index contributed by atoms with van der Waals surface area (Å²) in [6.07, 6.45) is 3.49. The van der Waals surface area contributed by atoms with Crippen LogP contribution in [-0.2, 0) is 0 Å². The lowest BCUT2D eigenvalue weighted by Gasteiger charge is -2.14. The van der Waals surface area contributed by atoms with E-state index in [1.165, 1.54) is 0 Å². The van der Waals surface area contributed by atoms with E-state index in [0.29, 0.717) is 44.1 Å². The summed E-state index contributed by atoms with van der Waals surface area (Å²) < 4.78 is 5.79. The number of nitrogens with one attached hydrogen (secondary N) is 1. The first-order valence-electron chi connectivity index (χ1n) is 7.95. The summed E-state index contributed by atoms with van der Waals surface area (Å²) in [4.78, 5) is 11.7. The van der Waals surface area contributed by atoms with E-state index in [-0.39, 0.29) is 5.56 Å². The molecule has 0 spiro atoms. The second-order valence-electron chi connectivity index (χ2n) is 5.95. The molecule has 1 aliphatic heterocycles. The normalized spacial score (nSPS) is 12.5. The molecule has 2 aliphatic rings. The van der Waals surface area contributed by atoms with Gasteiger partial charge in [0.2, 0.25) is 0 Å². The lowest BCUT2D eigenvalue weighted by molar-refractivity contribution is 0.0697. The smallest absolute Gasteiger partial charge is 0.336 e. The maximum Gasteiger partial charge on any atom is 0.336 e. The summed E-state index contributed by atoms with van der Waals surface area (Å²) in [7, 11) is 0. The number of rotatable bonds is 3. The highest BCUT2D eigenvalue weighted by atomic mass is 16.4. The highest BCUT2D eigenvalue weighted by Crippen LogP contribution is 2.31. The van der Waals surface area contributed by atoms with E-state index >= 15 is 0 Å². The van der Waals surface area contributed by atoms with Gasteiger partial charge in [-0.3, -0.25) is 0 Å². The molecule has 0 aromatic heterocycles. The van der Waals surface area contributed by atoms with E-state index < -0.39 is 5.97 Å². The van der Waals surface area contributed by atoms with Gasteiger partial charge in [-0.1, -0.05) is 24.8 Å². The number of hydrogen-bond donors (Lipinski definition) is 3.